The summed E-state index contributed by atoms with van der Waals surface area (Å²) in [6.07, 6.45) is 0. The fraction of sp³-hybridized carbons (Fsp3) is 0. The first-order valence-corrected chi connectivity index (χ1v) is 6.19. The molecular formula is C15H9ClO4. The van der Waals surface area contributed by atoms with Crippen molar-refractivity contribution in [2.24, 2.45) is 0 Å². The third-order valence-corrected chi connectivity index (χ3v) is 3.23. The van der Waals surface area contributed by atoms with Gasteiger partial charge in [0, 0.05) is 10.4 Å². The van der Waals surface area contributed by atoms with Gasteiger partial charge in [0.1, 0.15) is 0 Å². The van der Waals surface area contributed by atoms with Crippen LogP contribution < -0.4 is 5.63 Å². The molecule has 2 aromatic carbocycles. The van der Waals surface area contributed by atoms with Crippen LogP contribution in [0.1, 0.15) is 0 Å². The van der Waals surface area contributed by atoms with Gasteiger partial charge in [0.2, 0.25) is 5.75 Å². The largest absolute Gasteiger partial charge is 0.504 e. The number of hydrogen-bond donors (Lipinski definition) is 2. The first-order chi connectivity index (χ1) is 9.56. The van der Waals surface area contributed by atoms with E-state index in [1.54, 1.807) is 36.4 Å². The molecule has 1 heterocycles. The van der Waals surface area contributed by atoms with E-state index in [4.69, 9.17) is 16.0 Å². The lowest BCUT2D eigenvalue weighted by atomic mass is 10.1. The van der Waals surface area contributed by atoms with E-state index in [1.807, 2.05) is 0 Å². The number of hydrogen-bond acceptors (Lipinski definition) is 4. The predicted octanol–water partition coefficient (Wildman–Crippen LogP) is 3.52. The van der Waals surface area contributed by atoms with E-state index < -0.39 is 11.4 Å². The van der Waals surface area contributed by atoms with E-state index >= 15 is 0 Å². The number of fused-ring (bicyclic) bond motifs is 1. The van der Waals surface area contributed by atoms with Crippen molar-refractivity contribution in [1.82, 2.24) is 0 Å². The van der Waals surface area contributed by atoms with Gasteiger partial charge >= 0.3 is 5.63 Å². The lowest BCUT2D eigenvalue weighted by Crippen LogP contribution is -2.02. The molecular weight excluding hydrogens is 280 g/mol. The number of aromatic hydroxyl groups is 2. The molecule has 0 atom stereocenters. The van der Waals surface area contributed by atoms with Crippen molar-refractivity contribution in [3.63, 3.8) is 0 Å². The molecule has 5 heteroatoms. The van der Waals surface area contributed by atoms with Crippen molar-refractivity contribution in [2.45, 2.75) is 0 Å². The molecule has 20 heavy (non-hydrogen) atoms. The third kappa shape index (κ3) is 2.00. The van der Waals surface area contributed by atoms with E-state index in [0.29, 0.717) is 21.5 Å². The maximum Gasteiger partial charge on any atom is 0.344 e. The average Bonchev–Trinajstić information content (AvgIpc) is 2.43. The summed E-state index contributed by atoms with van der Waals surface area (Å²) in [6.45, 7) is 0. The fourth-order valence-corrected chi connectivity index (χ4v) is 2.21. The molecule has 100 valence electrons. The molecule has 0 spiro atoms. The van der Waals surface area contributed by atoms with Gasteiger partial charge in [-0.05, 0) is 35.9 Å². The quantitative estimate of drug-likeness (QED) is 0.531. The van der Waals surface area contributed by atoms with Gasteiger partial charge in [-0.2, -0.15) is 0 Å². The normalized spacial score (nSPS) is 10.8. The molecule has 0 unspecified atom stereocenters. The number of benzene rings is 2. The van der Waals surface area contributed by atoms with Crippen molar-refractivity contribution in [3.8, 4) is 22.6 Å². The minimum atomic E-state index is -0.610. The van der Waals surface area contributed by atoms with E-state index in [0.717, 1.165) is 0 Å². The SMILES string of the molecule is O=c1oc2c(O)c(O)ccc2cc1-c1cccc(Cl)c1. The summed E-state index contributed by atoms with van der Waals surface area (Å²) < 4.78 is 5.09. The van der Waals surface area contributed by atoms with Crippen LogP contribution in [0, 0.1) is 0 Å². The summed E-state index contributed by atoms with van der Waals surface area (Å²) in [7, 11) is 0. The van der Waals surface area contributed by atoms with Gasteiger partial charge in [0.15, 0.2) is 11.3 Å². The highest BCUT2D eigenvalue weighted by Gasteiger charge is 2.13. The van der Waals surface area contributed by atoms with Crippen LogP contribution in [0.15, 0.2) is 51.7 Å². The zero-order valence-corrected chi connectivity index (χ0v) is 10.9. The molecule has 0 aliphatic heterocycles. The number of rotatable bonds is 1. The van der Waals surface area contributed by atoms with Crippen LogP contribution >= 0.6 is 11.6 Å². The molecule has 0 aliphatic rings. The van der Waals surface area contributed by atoms with Crippen molar-refractivity contribution < 1.29 is 14.6 Å². The van der Waals surface area contributed by atoms with Gasteiger partial charge in [0.25, 0.3) is 0 Å². The second-order valence-corrected chi connectivity index (χ2v) is 4.75. The lowest BCUT2D eigenvalue weighted by Gasteiger charge is -2.05. The molecule has 2 N–H and O–H groups in total. The first-order valence-electron chi connectivity index (χ1n) is 5.81. The molecule has 0 radical (unpaired) electrons. The molecule has 0 aliphatic carbocycles. The van der Waals surface area contributed by atoms with Gasteiger partial charge in [0.05, 0.1) is 5.56 Å². The molecule has 0 bridgehead atoms. The van der Waals surface area contributed by atoms with Gasteiger partial charge in [-0.3, -0.25) is 0 Å². The molecule has 3 aromatic rings. The number of halogens is 1. The van der Waals surface area contributed by atoms with Crippen molar-refractivity contribution in [3.05, 3.63) is 57.9 Å². The van der Waals surface area contributed by atoms with Crippen molar-refractivity contribution in [1.29, 1.82) is 0 Å². The Morgan fingerprint density at radius 1 is 1.05 bits per heavy atom. The highest BCUT2D eigenvalue weighted by atomic mass is 35.5. The monoisotopic (exact) mass is 288 g/mol. The molecule has 0 amide bonds. The van der Waals surface area contributed by atoms with Crippen LogP contribution in [0.5, 0.6) is 11.5 Å². The minimum Gasteiger partial charge on any atom is -0.504 e. The van der Waals surface area contributed by atoms with E-state index in [2.05, 4.69) is 0 Å². The van der Waals surface area contributed by atoms with Crippen molar-refractivity contribution in [2.75, 3.05) is 0 Å². The summed E-state index contributed by atoms with van der Waals surface area (Å²) in [5, 5.41) is 20.1. The van der Waals surface area contributed by atoms with Crippen LogP contribution in [0.25, 0.3) is 22.1 Å². The van der Waals surface area contributed by atoms with E-state index in [1.165, 1.54) is 6.07 Å². The Hall–Kier alpha value is -2.46. The molecule has 0 saturated carbocycles. The maximum atomic E-state index is 12.0. The summed E-state index contributed by atoms with van der Waals surface area (Å²) in [5.41, 5.74) is 0.312. The summed E-state index contributed by atoms with van der Waals surface area (Å²) in [6, 6.07) is 11.3. The standard InChI is InChI=1S/C15H9ClO4/c16-10-3-1-2-8(6-10)11-7-9-4-5-12(17)13(18)14(9)20-15(11)19/h1-7,17-18H. The van der Waals surface area contributed by atoms with Crippen LogP contribution in [0.3, 0.4) is 0 Å². The zero-order valence-electron chi connectivity index (χ0n) is 10.1. The van der Waals surface area contributed by atoms with E-state index in [9.17, 15) is 15.0 Å². The van der Waals surface area contributed by atoms with Gasteiger partial charge in [-0.25, -0.2) is 4.79 Å². The Balaban J connectivity index is 2.31. The van der Waals surface area contributed by atoms with Crippen LogP contribution in [-0.2, 0) is 0 Å². The van der Waals surface area contributed by atoms with Crippen LogP contribution in [0.2, 0.25) is 5.02 Å². The smallest absolute Gasteiger partial charge is 0.344 e. The molecule has 0 saturated heterocycles. The minimum absolute atomic E-state index is 0.0409. The topological polar surface area (TPSA) is 70.7 Å². The zero-order chi connectivity index (χ0) is 14.3. The maximum absolute atomic E-state index is 12.0. The molecule has 0 fully saturated rings. The second-order valence-electron chi connectivity index (χ2n) is 4.31. The Kier molecular flexibility index (Phi) is 2.88. The van der Waals surface area contributed by atoms with Crippen LogP contribution in [-0.4, -0.2) is 10.2 Å². The summed E-state index contributed by atoms with van der Waals surface area (Å²) >= 11 is 5.91. The van der Waals surface area contributed by atoms with Crippen LogP contribution in [0.4, 0.5) is 0 Å². The lowest BCUT2D eigenvalue weighted by molar-refractivity contribution is 0.398. The summed E-state index contributed by atoms with van der Waals surface area (Å²) in [4.78, 5) is 12.0. The Morgan fingerprint density at radius 2 is 1.85 bits per heavy atom. The fourth-order valence-electron chi connectivity index (χ4n) is 2.02. The van der Waals surface area contributed by atoms with Gasteiger partial charge in [-0.1, -0.05) is 23.7 Å². The Labute approximate surface area is 118 Å². The summed E-state index contributed by atoms with van der Waals surface area (Å²) in [5.74, 6) is -0.784. The number of phenolic OH excluding ortho intramolecular Hbond substituents is 2. The van der Waals surface area contributed by atoms with E-state index in [-0.39, 0.29) is 11.3 Å². The first kappa shape index (κ1) is 12.6. The Morgan fingerprint density at radius 3 is 2.60 bits per heavy atom. The van der Waals surface area contributed by atoms with Gasteiger partial charge in [-0.15, -0.1) is 0 Å². The average molecular weight is 289 g/mol. The highest BCUT2D eigenvalue weighted by Crippen LogP contribution is 2.34. The Bertz CT molecular complexity index is 867. The molecule has 4 nitrogen and oxygen atoms in total. The van der Waals surface area contributed by atoms with Gasteiger partial charge < -0.3 is 14.6 Å². The second kappa shape index (κ2) is 4.58. The molecule has 1 aromatic heterocycles. The predicted molar refractivity (Wildman–Crippen MR) is 76.3 cm³/mol. The highest BCUT2D eigenvalue weighted by molar-refractivity contribution is 6.30. The van der Waals surface area contributed by atoms with Crippen molar-refractivity contribution >= 4 is 22.6 Å². The number of phenols is 2. The molecule has 3 rings (SSSR count). The third-order valence-electron chi connectivity index (χ3n) is 2.99.